The molecule has 0 saturated carbocycles. The van der Waals surface area contributed by atoms with E-state index in [1.807, 2.05) is 35.0 Å². The van der Waals surface area contributed by atoms with E-state index in [-0.39, 0.29) is 0 Å². The van der Waals surface area contributed by atoms with Gasteiger partial charge in [0.2, 0.25) is 0 Å². The van der Waals surface area contributed by atoms with Crippen molar-refractivity contribution in [1.82, 2.24) is 19.6 Å². The summed E-state index contributed by atoms with van der Waals surface area (Å²) in [4.78, 5) is 9.00. The van der Waals surface area contributed by atoms with E-state index in [0.29, 0.717) is 6.54 Å². The van der Waals surface area contributed by atoms with E-state index in [0.717, 1.165) is 32.8 Å². The molecule has 5 aromatic rings. The first-order valence-electron chi connectivity index (χ1n) is 9.61. The first kappa shape index (κ1) is 18.5. The number of pyridine rings is 1. The normalized spacial score (nSPS) is 11.0. The molecule has 0 radical (unpaired) electrons. The minimum atomic E-state index is 0.650. The lowest BCUT2D eigenvalue weighted by atomic mass is 10.0. The van der Waals surface area contributed by atoms with Crippen molar-refractivity contribution in [3.8, 4) is 22.4 Å². The quantitative estimate of drug-likeness (QED) is 0.362. The highest BCUT2D eigenvalue weighted by Gasteiger charge is 2.12. The van der Waals surface area contributed by atoms with Crippen LogP contribution in [0.4, 0.5) is 5.82 Å². The van der Waals surface area contributed by atoms with Crippen LogP contribution in [0.3, 0.4) is 0 Å². The fourth-order valence-corrected chi connectivity index (χ4v) is 3.72. The monoisotopic (exact) mass is 455 g/mol. The van der Waals surface area contributed by atoms with Crippen LogP contribution in [0.25, 0.3) is 28.0 Å². The average Bonchev–Trinajstić information content (AvgIpc) is 3.20. The number of hydrogen-bond donors (Lipinski definition) is 1. The molecular weight excluding hydrogens is 438 g/mol. The van der Waals surface area contributed by atoms with E-state index in [1.165, 1.54) is 11.1 Å². The van der Waals surface area contributed by atoms with Crippen LogP contribution < -0.4 is 5.32 Å². The lowest BCUT2D eigenvalue weighted by Gasteiger charge is -2.11. The molecule has 0 unspecified atom stereocenters. The number of aromatic nitrogens is 4. The zero-order valence-corrected chi connectivity index (χ0v) is 17.6. The largest absolute Gasteiger partial charge is 0.366 e. The molecule has 3 aromatic heterocycles. The molecular formula is C24H18BrN5. The molecule has 30 heavy (non-hydrogen) atoms. The molecule has 0 aliphatic heterocycles. The third kappa shape index (κ3) is 3.69. The van der Waals surface area contributed by atoms with Gasteiger partial charge in [-0.25, -0.2) is 4.98 Å². The van der Waals surface area contributed by atoms with E-state index >= 15 is 0 Å². The number of benzene rings is 2. The van der Waals surface area contributed by atoms with Gasteiger partial charge in [0, 0.05) is 30.6 Å². The maximum Gasteiger partial charge on any atom is 0.172 e. The van der Waals surface area contributed by atoms with E-state index < -0.39 is 0 Å². The lowest BCUT2D eigenvalue weighted by molar-refractivity contribution is 0.925. The van der Waals surface area contributed by atoms with Gasteiger partial charge in [-0.05, 0) is 38.7 Å². The Morgan fingerprint density at radius 3 is 2.37 bits per heavy atom. The summed E-state index contributed by atoms with van der Waals surface area (Å²) in [6.07, 6.45) is 5.39. The van der Waals surface area contributed by atoms with Gasteiger partial charge in [0.1, 0.15) is 5.82 Å². The molecule has 0 amide bonds. The molecule has 0 saturated heterocycles. The van der Waals surface area contributed by atoms with Crippen molar-refractivity contribution in [3.05, 3.63) is 101 Å². The van der Waals surface area contributed by atoms with Crippen LogP contribution in [0.5, 0.6) is 0 Å². The van der Waals surface area contributed by atoms with Crippen LogP contribution >= 0.6 is 15.9 Å². The summed E-state index contributed by atoms with van der Waals surface area (Å²) in [5.74, 6) is 0.872. The zero-order chi connectivity index (χ0) is 20.3. The standard InChI is InChI=1S/C24H18BrN5/c25-21-16-28-30-23(27-15-17-5-4-12-26-14-17)13-22(29-24(21)30)20-10-8-19(9-11-20)18-6-2-1-3-7-18/h1-14,16,27H,15H2. The average molecular weight is 456 g/mol. The molecule has 5 rings (SSSR count). The second-order valence-electron chi connectivity index (χ2n) is 6.91. The maximum atomic E-state index is 4.82. The molecule has 0 fully saturated rings. The Balaban J connectivity index is 1.50. The summed E-state index contributed by atoms with van der Waals surface area (Å²) in [6.45, 7) is 0.650. The molecule has 146 valence electrons. The number of anilines is 1. The molecule has 0 atom stereocenters. The second kappa shape index (κ2) is 8.08. The Kier molecular flexibility index (Phi) is 4.99. The Morgan fingerprint density at radius 2 is 1.60 bits per heavy atom. The minimum Gasteiger partial charge on any atom is -0.366 e. The van der Waals surface area contributed by atoms with E-state index in [4.69, 9.17) is 4.98 Å². The van der Waals surface area contributed by atoms with Gasteiger partial charge in [-0.1, -0.05) is 60.7 Å². The van der Waals surface area contributed by atoms with Gasteiger partial charge < -0.3 is 5.32 Å². The Morgan fingerprint density at radius 1 is 0.833 bits per heavy atom. The van der Waals surface area contributed by atoms with Crippen LogP contribution in [0, 0.1) is 0 Å². The fourth-order valence-electron chi connectivity index (χ4n) is 3.37. The van der Waals surface area contributed by atoms with Crippen LogP contribution in [0.15, 0.2) is 95.9 Å². The predicted octanol–water partition coefficient (Wildman–Crippen LogP) is 5.83. The van der Waals surface area contributed by atoms with Crippen molar-refractivity contribution < 1.29 is 0 Å². The van der Waals surface area contributed by atoms with Crippen LogP contribution in [0.2, 0.25) is 0 Å². The summed E-state index contributed by atoms with van der Waals surface area (Å²) in [7, 11) is 0. The van der Waals surface area contributed by atoms with Gasteiger partial charge in [-0.2, -0.15) is 9.61 Å². The van der Waals surface area contributed by atoms with Crippen molar-refractivity contribution in [2.24, 2.45) is 0 Å². The molecule has 6 heteroatoms. The molecule has 0 bridgehead atoms. The zero-order valence-electron chi connectivity index (χ0n) is 16.0. The Hall–Kier alpha value is -3.51. The molecule has 0 aliphatic carbocycles. The highest BCUT2D eigenvalue weighted by Crippen LogP contribution is 2.28. The van der Waals surface area contributed by atoms with Crippen LogP contribution in [0.1, 0.15) is 5.56 Å². The molecule has 0 aliphatic rings. The summed E-state index contributed by atoms with van der Waals surface area (Å²) >= 11 is 3.56. The van der Waals surface area contributed by atoms with Gasteiger partial charge in [0.05, 0.1) is 16.4 Å². The summed E-state index contributed by atoms with van der Waals surface area (Å²) in [5.41, 5.74) is 6.19. The van der Waals surface area contributed by atoms with Gasteiger partial charge in [-0.15, -0.1) is 0 Å². The summed E-state index contributed by atoms with van der Waals surface area (Å²) < 4.78 is 2.66. The highest BCUT2D eigenvalue weighted by atomic mass is 79.9. The molecule has 3 heterocycles. The highest BCUT2D eigenvalue weighted by molar-refractivity contribution is 9.10. The van der Waals surface area contributed by atoms with E-state index in [9.17, 15) is 0 Å². The third-order valence-electron chi connectivity index (χ3n) is 4.91. The Bertz CT molecular complexity index is 1280. The first-order chi connectivity index (χ1) is 14.8. The summed E-state index contributed by atoms with van der Waals surface area (Å²) in [6, 6.07) is 24.8. The van der Waals surface area contributed by atoms with Crippen molar-refractivity contribution in [1.29, 1.82) is 0 Å². The fraction of sp³-hybridized carbons (Fsp3) is 0.0417. The smallest absolute Gasteiger partial charge is 0.172 e. The van der Waals surface area contributed by atoms with Gasteiger partial charge in [-0.3, -0.25) is 4.98 Å². The topological polar surface area (TPSA) is 55.1 Å². The van der Waals surface area contributed by atoms with Crippen molar-refractivity contribution in [2.75, 3.05) is 5.32 Å². The first-order valence-corrected chi connectivity index (χ1v) is 10.4. The van der Waals surface area contributed by atoms with Gasteiger partial charge in [0.15, 0.2) is 5.65 Å². The van der Waals surface area contributed by atoms with E-state index in [2.05, 4.69) is 79.9 Å². The predicted molar refractivity (Wildman–Crippen MR) is 123 cm³/mol. The van der Waals surface area contributed by atoms with Gasteiger partial charge in [0.25, 0.3) is 0 Å². The SMILES string of the molecule is Brc1cnn2c(NCc3cccnc3)cc(-c3ccc(-c4ccccc4)cc3)nc12. The number of hydrogen-bond acceptors (Lipinski definition) is 4. The van der Waals surface area contributed by atoms with Crippen LogP contribution in [-0.4, -0.2) is 19.6 Å². The van der Waals surface area contributed by atoms with Crippen LogP contribution in [-0.2, 0) is 6.54 Å². The molecule has 2 aromatic carbocycles. The van der Waals surface area contributed by atoms with Crippen molar-refractivity contribution >= 4 is 27.4 Å². The number of fused-ring (bicyclic) bond motifs is 1. The number of rotatable bonds is 5. The number of nitrogens with zero attached hydrogens (tertiary/aromatic N) is 4. The summed E-state index contributed by atoms with van der Waals surface area (Å²) in [5, 5.41) is 7.91. The molecule has 1 N–H and O–H groups in total. The number of halogens is 1. The molecule has 5 nitrogen and oxygen atoms in total. The van der Waals surface area contributed by atoms with Crippen molar-refractivity contribution in [3.63, 3.8) is 0 Å². The number of nitrogens with one attached hydrogen (secondary N) is 1. The van der Waals surface area contributed by atoms with E-state index in [1.54, 1.807) is 12.4 Å². The third-order valence-corrected chi connectivity index (χ3v) is 5.47. The Labute approximate surface area is 182 Å². The van der Waals surface area contributed by atoms with Crippen molar-refractivity contribution in [2.45, 2.75) is 6.54 Å². The molecule has 0 spiro atoms. The minimum absolute atomic E-state index is 0.650. The lowest BCUT2D eigenvalue weighted by Crippen LogP contribution is -2.07. The maximum absolute atomic E-state index is 4.82. The van der Waals surface area contributed by atoms with Gasteiger partial charge >= 0.3 is 0 Å². The second-order valence-corrected chi connectivity index (χ2v) is 7.77.